The lowest BCUT2D eigenvalue weighted by molar-refractivity contribution is -0.0121. The highest BCUT2D eigenvalue weighted by Crippen LogP contribution is 2.39. The van der Waals surface area contributed by atoms with E-state index in [2.05, 4.69) is 20.3 Å². The van der Waals surface area contributed by atoms with Crippen LogP contribution in [0.4, 0.5) is 20.3 Å². The first-order chi connectivity index (χ1) is 12.4. The molecule has 3 aromatic rings. The summed E-state index contributed by atoms with van der Waals surface area (Å²) in [5, 5.41) is 3.88. The van der Waals surface area contributed by atoms with Gasteiger partial charge in [0.15, 0.2) is 0 Å². The molecule has 4 rings (SSSR count). The molecule has 0 radical (unpaired) electrons. The van der Waals surface area contributed by atoms with Gasteiger partial charge in [0.2, 0.25) is 0 Å². The van der Waals surface area contributed by atoms with E-state index in [1.54, 1.807) is 7.11 Å². The van der Waals surface area contributed by atoms with Gasteiger partial charge in [-0.1, -0.05) is 0 Å². The van der Waals surface area contributed by atoms with Crippen molar-refractivity contribution in [1.29, 1.82) is 0 Å². The largest absolute Gasteiger partial charge is 0.495 e. The molecule has 1 aliphatic carbocycles. The van der Waals surface area contributed by atoms with Gasteiger partial charge in [-0.2, -0.15) is 0 Å². The average Bonchev–Trinajstić information content (AvgIpc) is 2.95. The molecule has 0 unspecified atom stereocenters. The molecule has 2 heterocycles. The summed E-state index contributed by atoms with van der Waals surface area (Å²) < 4.78 is 33.4. The van der Waals surface area contributed by atoms with Crippen LogP contribution in [0.5, 0.6) is 5.75 Å². The number of hydrogen-bond donors (Lipinski definition) is 2. The zero-order valence-electron chi connectivity index (χ0n) is 14.9. The van der Waals surface area contributed by atoms with Gasteiger partial charge >= 0.3 is 0 Å². The van der Waals surface area contributed by atoms with Crippen LogP contribution in [0, 0.1) is 13.8 Å². The second-order valence-corrected chi connectivity index (χ2v) is 6.82. The van der Waals surface area contributed by atoms with Gasteiger partial charge in [-0.15, -0.1) is 0 Å². The summed E-state index contributed by atoms with van der Waals surface area (Å²) in [5.74, 6) is -1.52. The summed E-state index contributed by atoms with van der Waals surface area (Å²) in [4.78, 5) is 11.7. The van der Waals surface area contributed by atoms with Crippen LogP contribution in [0.3, 0.4) is 0 Å². The van der Waals surface area contributed by atoms with Gasteiger partial charge in [-0.25, -0.2) is 18.7 Å². The standard InChI is InChI=1S/C19H20F2N4O/c1-10-6-14(15(26-3)7-11(10)2)25-18-16-12-8-19(20,21)5-4-13(12)24-17(16)22-9-23-18/h6-7,9H,4-5,8H2,1-3H3,(H2,22,23,24,25). The molecule has 0 spiro atoms. The maximum Gasteiger partial charge on any atom is 0.252 e. The van der Waals surface area contributed by atoms with E-state index in [1.165, 1.54) is 6.33 Å². The Morgan fingerprint density at radius 3 is 2.73 bits per heavy atom. The predicted molar refractivity (Wildman–Crippen MR) is 96.6 cm³/mol. The summed E-state index contributed by atoms with van der Waals surface area (Å²) in [6, 6.07) is 3.91. The number of anilines is 2. The third-order valence-corrected chi connectivity index (χ3v) is 5.03. The molecular weight excluding hydrogens is 338 g/mol. The van der Waals surface area contributed by atoms with Gasteiger partial charge < -0.3 is 15.0 Å². The minimum atomic E-state index is -2.70. The number of methoxy groups -OCH3 is 1. The lowest BCUT2D eigenvalue weighted by Gasteiger charge is -2.22. The van der Waals surface area contributed by atoms with Crippen LogP contribution < -0.4 is 10.1 Å². The smallest absolute Gasteiger partial charge is 0.252 e. The van der Waals surface area contributed by atoms with Gasteiger partial charge in [0.1, 0.15) is 23.5 Å². The Balaban J connectivity index is 1.84. The second-order valence-electron chi connectivity index (χ2n) is 6.82. The van der Waals surface area contributed by atoms with E-state index in [9.17, 15) is 8.78 Å². The highest BCUT2D eigenvalue weighted by molar-refractivity contribution is 5.93. The molecule has 0 amide bonds. The number of halogens is 2. The number of fused-ring (bicyclic) bond motifs is 3. The van der Waals surface area contributed by atoms with Crippen molar-refractivity contribution in [2.45, 2.75) is 39.0 Å². The molecule has 5 nitrogen and oxygen atoms in total. The van der Waals surface area contributed by atoms with Crippen molar-refractivity contribution in [3.63, 3.8) is 0 Å². The van der Waals surface area contributed by atoms with E-state index in [0.717, 1.165) is 22.5 Å². The molecule has 26 heavy (non-hydrogen) atoms. The molecule has 1 aromatic carbocycles. The molecule has 0 bridgehead atoms. The zero-order valence-corrected chi connectivity index (χ0v) is 14.9. The number of hydrogen-bond acceptors (Lipinski definition) is 4. The Labute approximate surface area is 149 Å². The third-order valence-electron chi connectivity index (χ3n) is 5.03. The number of aryl methyl sites for hydroxylation is 3. The fraction of sp³-hybridized carbons (Fsp3) is 0.368. The maximum absolute atomic E-state index is 14.0. The summed E-state index contributed by atoms with van der Waals surface area (Å²) in [6.45, 7) is 4.02. The second kappa shape index (κ2) is 5.93. The maximum atomic E-state index is 14.0. The van der Waals surface area contributed by atoms with Crippen molar-refractivity contribution in [1.82, 2.24) is 15.0 Å². The molecule has 2 aromatic heterocycles. The van der Waals surface area contributed by atoms with E-state index < -0.39 is 5.92 Å². The molecule has 0 saturated heterocycles. The van der Waals surface area contributed by atoms with Gasteiger partial charge in [-0.05, 0) is 49.1 Å². The fourth-order valence-corrected chi connectivity index (χ4v) is 3.48. The number of benzene rings is 1. The van der Waals surface area contributed by atoms with Crippen LogP contribution in [0.1, 0.15) is 28.8 Å². The van der Waals surface area contributed by atoms with Crippen molar-refractivity contribution >= 4 is 22.5 Å². The molecule has 0 fully saturated rings. The first-order valence-corrected chi connectivity index (χ1v) is 8.52. The van der Waals surface area contributed by atoms with Gasteiger partial charge in [0.05, 0.1) is 18.2 Å². The van der Waals surface area contributed by atoms with Crippen molar-refractivity contribution in [3.8, 4) is 5.75 Å². The van der Waals surface area contributed by atoms with Crippen molar-refractivity contribution in [2.75, 3.05) is 12.4 Å². The Hall–Kier alpha value is -2.70. The molecule has 136 valence electrons. The van der Waals surface area contributed by atoms with Crippen molar-refractivity contribution in [2.24, 2.45) is 0 Å². The topological polar surface area (TPSA) is 62.8 Å². The number of rotatable bonds is 3. The third kappa shape index (κ3) is 2.77. The number of H-pyrrole nitrogens is 1. The van der Waals surface area contributed by atoms with Gasteiger partial charge in [0, 0.05) is 18.5 Å². The summed E-state index contributed by atoms with van der Waals surface area (Å²) in [7, 11) is 1.60. The molecule has 7 heteroatoms. The van der Waals surface area contributed by atoms with Crippen molar-refractivity contribution in [3.05, 3.63) is 40.8 Å². The molecule has 1 aliphatic rings. The van der Waals surface area contributed by atoms with Gasteiger partial charge in [0.25, 0.3) is 5.92 Å². The number of alkyl halides is 2. The minimum Gasteiger partial charge on any atom is -0.495 e. The SMILES string of the molecule is COc1cc(C)c(C)cc1Nc1ncnc2[nH]c3c(c12)CC(F)(F)CC3. The summed E-state index contributed by atoms with van der Waals surface area (Å²) in [6.07, 6.45) is 1.30. The number of ether oxygens (including phenoxy) is 1. The average molecular weight is 358 g/mol. The summed E-state index contributed by atoms with van der Waals surface area (Å²) in [5.41, 5.74) is 4.95. The first kappa shape index (κ1) is 16.8. The fourth-order valence-electron chi connectivity index (χ4n) is 3.48. The van der Waals surface area contributed by atoms with Crippen LogP contribution in [-0.2, 0) is 12.8 Å². The Bertz CT molecular complexity index is 997. The quantitative estimate of drug-likeness (QED) is 0.726. The number of aromatic nitrogens is 3. The van der Waals surface area contributed by atoms with Crippen LogP contribution in [-0.4, -0.2) is 28.0 Å². The van der Waals surface area contributed by atoms with E-state index in [0.29, 0.717) is 34.6 Å². The Morgan fingerprint density at radius 1 is 1.19 bits per heavy atom. The molecule has 0 aliphatic heterocycles. The lowest BCUT2D eigenvalue weighted by atomic mass is 9.93. The number of aromatic amines is 1. The van der Waals surface area contributed by atoms with Crippen LogP contribution in [0.15, 0.2) is 18.5 Å². The monoisotopic (exact) mass is 358 g/mol. The number of nitrogens with one attached hydrogen (secondary N) is 2. The Kier molecular flexibility index (Phi) is 3.82. The molecule has 0 atom stereocenters. The van der Waals surface area contributed by atoms with Crippen LogP contribution >= 0.6 is 0 Å². The lowest BCUT2D eigenvalue weighted by Crippen LogP contribution is -2.25. The highest BCUT2D eigenvalue weighted by Gasteiger charge is 2.36. The van der Waals surface area contributed by atoms with E-state index in [1.807, 2.05) is 26.0 Å². The Morgan fingerprint density at radius 2 is 1.96 bits per heavy atom. The van der Waals surface area contributed by atoms with Crippen LogP contribution in [0.25, 0.3) is 11.0 Å². The van der Waals surface area contributed by atoms with E-state index in [4.69, 9.17) is 4.74 Å². The predicted octanol–water partition coefficient (Wildman–Crippen LogP) is 4.45. The highest BCUT2D eigenvalue weighted by atomic mass is 19.3. The summed E-state index contributed by atoms with van der Waals surface area (Å²) >= 11 is 0. The molecule has 0 saturated carbocycles. The van der Waals surface area contributed by atoms with E-state index in [-0.39, 0.29) is 12.8 Å². The molecular formula is C19H20F2N4O. The zero-order chi connectivity index (χ0) is 18.5. The van der Waals surface area contributed by atoms with Gasteiger partial charge in [-0.3, -0.25) is 0 Å². The normalized spacial score (nSPS) is 15.7. The minimum absolute atomic E-state index is 0.145. The van der Waals surface area contributed by atoms with Crippen molar-refractivity contribution < 1.29 is 13.5 Å². The van der Waals surface area contributed by atoms with Crippen LogP contribution in [0.2, 0.25) is 0 Å². The number of nitrogens with zero attached hydrogens (tertiary/aromatic N) is 2. The first-order valence-electron chi connectivity index (χ1n) is 8.52. The molecule has 2 N–H and O–H groups in total. The van der Waals surface area contributed by atoms with E-state index >= 15 is 0 Å².